The van der Waals surface area contributed by atoms with Crippen molar-refractivity contribution in [2.24, 2.45) is 5.92 Å². The Bertz CT molecular complexity index is 503. The van der Waals surface area contributed by atoms with E-state index in [4.69, 9.17) is 9.47 Å². The summed E-state index contributed by atoms with van der Waals surface area (Å²) in [6.45, 7) is 6.24. The predicted octanol–water partition coefficient (Wildman–Crippen LogP) is 1.39. The lowest BCUT2D eigenvalue weighted by molar-refractivity contribution is -0.0880. The Labute approximate surface area is 132 Å². The molecule has 4 rings (SSSR count). The summed E-state index contributed by atoms with van der Waals surface area (Å²) in [5.74, 6) is 1.58. The molecule has 2 aliphatic heterocycles. The van der Waals surface area contributed by atoms with Crippen molar-refractivity contribution in [1.29, 1.82) is 0 Å². The number of rotatable bonds is 4. The lowest BCUT2D eigenvalue weighted by atomic mass is 10.0. The number of hydrogen-bond donors (Lipinski definition) is 0. The number of piperazine rings is 1. The van der Waals surface area contributed by atoms with Crippen LogP contribution in [0.2, 0.25) is 0 Å². The van der Waals surface area contributed by atoms with Crippen molar-refractivity contribution in [3.05, 3.63) is 23.9 Å². The first kappa shape index (κ1) is 14.4. The molecule has 2 saturated heterocycles. The standard InChI is InChI=1S/C17H25N3O2/c1-21-17-5-2-13(8-18-17)9-19-6-7-20-15(10-19)11-22-12-16(20)14-3-4-14/h2,5,8,14-16H,3-4,6-7,9-12H2,1H3/t15-,16-/m1/s1. The second kappa shape index (κ2) is 6.14. The Morgan fingerprint density at radius 1 is 1.27 bits per heavy atom. The van der Waals surface area contributed by atoms with Crippen molar-refractivity contribution in [2.45, 2.75) is 31.5 Å². The molecule has 1 aliphatic carbocycles. The van der Waals surface area contributed by atoms with Crippen LogP contribution in [0.5, 0.6) is 5.88 Å². The van der Waals surface area contributed by atoms with Crippen molar-refractivity contribution >= 4 is 0 Å². The first-order chi connectivity index (χ1) is 10.8. The van der Waals surface area contributed by atoms with Crippen molar-refractivity contribution in [3.8, 4) is 5.88 Å². The fourth-order valence-corrected chi connectivity index (χ4v) is 3.85. The topological polar surface area (TPSA) is 37.8 Å². The van der Waals surface area contributed by atoms with Crippen molar-refractivity contribution in [2.75, 3.05) is 40.0 Å². The summed E-state index contributed by atoms with van der Waals surface area (Å²) in [5, 5.41) is 0. The van der Waals surface area contributed by atoms with E-state index in [0.717, 1.165) is 38.8 Å². The first-order valence-electron chi connectivity index (χ1n) is 8.38. The number of aromatic nitrogens is 1. The quantitative estimate of drug-likeness (QED) is 0.840. The highest BCUT2D eigenvalue weighted by atomic mass is 16.5. The molecule has 1 aromatic rings. The van der Waals surface area contributed by atoms with E-state index in [1.54, 1.807) is 7.11 Å². The van der Waals surface area contributed by atoms with E-state index < -0.39 is 0 Å². The molecule has 3 heterocycles. The molecular weight excluding hydrogens is 278 g/mol. The van der Waals surface area contributed by atoms with Crippen LogP contribution in [0, 0.1) is 5.92 Å². The smallest absolute Gasteiger partial charge is 0.212 e. The highest BCUT2D eigenvalue weighted by Gasteiger charge is 2.42. The Hall–Kier alpha value is -1.17. The van der Waals surface area contributed by atoms with Crippen LogP contribution in [0.3, 0.4) is 0 Å². The van der Waals surface area contributed by atoms with Crippen LogP contribution in [0.25, 0.3) is 0 Å². The molecule has 3 fully saturated rings. The molecule has 0 amide bonds. The normalized spacial score (nSPS) is 30.0. The second-order valence-corrected chi connectivity index (χ2v) is 6.78. The number of ether oxygens (including phenoxy) is 2. The zero-order valence-corrected chi connectivity index (χ0v) is 13.3. The zero-order valence-electron chi connectivity index (χ0n) is 13.3. The molecule has 1 aromatic heterocycles. The highest BCUT2D eigenvalue weighted by Crippen LogP contribution is 2.38. The van der Waals surface area contributed by atoms with Crippen molar-refractivity contribution < 1.29 is 9.47 Å². The van der Waals surface area contributed by atoms with Crippen LogP contribution in [-0.2, 0) is 11.3 Å². The molecular formula is C17H25N3O2. The van der Waals surface area contributed by atoms with Gasteiger partial charge in [-0.3, -0.25) is 9.80 Å². The van der Waals surface area contributed by atoms with E-state index in [0.29, 0.717) is 18.0 Å². The SMILES string of the molecule is COc1ccc(CN2CCN3[C@@H](COC[C@@H]3C3CC3)C2)cn1. The summed E-state index contributed by atoms with van der Waals surface area (Å²) < 4.78 is 11.0. The maximum Gasteiger partial charge on any atom is 0.212 e. The third kappa shape index (κ3) is 2.98. The lowest BCUT2D eigenvalue weighted by Gasteiger charge is -2.48. The summed E-state index contributed by atoms with van der Waals surface area (Å²) in [5.41, 5.74) is 1.25. The summed E-state index contributed by atoms with van der Waals surface area (Å²) in [7, 11) is 1.65. The predicted molar refractivity (Wildman–Crippen MR) is 83.9 cm³/mol. The summed E-state index contributed by atoms with van der Waals surface area (Å²) >= 11 is 0. The number of pyridine rings is 1. The van der Waals surface area contributed by atoms with E-state index in [1.807, 2.05) is 12.3 Å². The van der Waals surface area contributed by atoms with Gasteiger partial charge in [0.1, 0.15) is 0 Å². The van der Waals surface area contributed by atoms with Crippen LogP contribution in [0.1, 0.15) is 18.4 Å². The van der Waals surface area contributed by atoms with Crippen LogP contribution < -0.4 is 4.74 Å². The Morgan fingerprint density at radius 2 is 2.18 bits per heavy atom. The summed E-state index contributed by atoms with van der Waals surface area (Å²) in [6, 6.07) is 5.31. The van der Waals surface area contributed by atoms with Gasteiger partial charge in [0.2, 0.25) is 5.88 Å². The number of methoxy groups -OCH3 is 1. The molecule has 5 nitrogen and oxygen atoms in total. The number of hydrogen-bond acceptors (Lipinski definition) is 5. The summed E-state index contributed by atoms with van der Waals surface area (Å²) in [6.07, 6.45) is 4.73. The fraction of sp³-hybridized carbons (Fsp3) is 0.706. The van der Waals surface area contributed by atoms with Crippen LogP contribution >= 0.6 is 0 Å². The van der Waals surface area contributed by atoms with Gasteiger partial charge in [0.25, 0.3) is 0 Å². The Kier molecular flexibility index (Phi) is 4.03. The van der Waals surface area contributed by atoms with Gasteiger partial charge in [-0.15, -0.1) is 0 Å². The van der Waals surface area contributed by atoms with E-state index in [-0.39, 0.29) is 0 Å². The van der Waals surface area contributed by atoms with Crippen molar-refractivity contribution in [1.82, 2.24) is 14.8 Å². The molecule has 0 aromatic carbocycles. The zero-order chi connectivity index (χ0) is 14.9. The monoisotopic (exact) mass is 303 g/mol. The largest absolute Gasteiger partial charge is 0.481 e. The van der Waals surface area contributed by atoms with E-state index >= 15 is 0 Å². The molecule has 120 valence electrons. The van der Waals surface area contributed by atoms with Gasteiger partial charge in [-0.1, -0.05) is 6.07 Å². The second-order valence-electron chi connectivity index (χ2n) is 6.78. The third-order valence-electron chi connectivity index (χ3n) is 5.22. The maximum absolute atomic E-state index is 5.88. The fourth-order valence-electron chi connectivity index (χ4n) is 3.85. The van der Waals surface area contributed by atoms with Gasteiger partial charge >= 0.3 is 0 Å². The molecule has 3 aliphatic rings. The minimum absolute atomic E-state index is 0.569. The van der Waals surface area contributed by atoms with Gasteiger partial charge in [0.15, 0.2) is 0 Å². The highest BCUT2D eigenvalue weighted by molar-refractivity contribution is 5.17. The lowest BCUT2D eigenvalue weighted by Crippen LogP contribution is -2.62. The number of morpholine rings is 1. The molecule has 0 unspecified atom stereocenters. The molecule has 2 atom stereocenters. The molecule has 0 radical (unpaired) electrons. The van der Waals surface area contributed by atoms with Gasteiger partial charge in [0, 0.05) is 50.5 Å². The molecule has 5 heteroatoms. The average molecular weight is 303 g/mol. The molecule has 22 heavy (non-hydrogen) atoms. The van der Waals surface area contributed by atoms with E-state index in [2.05, 4.69) is 20.9 Å². The minimum atomic E-state index is 0.569. The molecule has 1 saturated carbocycles. The summed E-state index contributed by atoms with van der Waals surface area (Å²) in [4.78, 5) is 9.56. The first-order valence-corrected chi connectivity index (χ1v) is 8.38. The van der Waals surface area contributed by atoms with E-state index in [9.17, 15) is 0 Å². The molecule has 0 spiro atoms. The Balaban J connectivity index is 1.36. The maximum atomic E-state index is 5.88. The number of fused-ring (bicyclic) bond motifs is 1. The van der Waals surface area contributed by atoms with Crippen LogP contribution in [0.15, 0.2) is 18.3 Å². The van der Waals surface area contributed by atoms with E-state index in [1.165, 1.54) is 24.9 Å². The van der Waals surface area contributed by atoms with Gasteiger partial charge in [0.05, 0.1) is 20.3 Å². The van der Waals surface area contributed by atoms with Gasteiger partial charge in [-0.25, -0.2) is 4.98 Å². The minimum Gasteiger partial charge on any atom is -0.481 e. The third-order valence-corrected chi connectivity index (χ3v) is 5.22. The van der Waals surface area contributed by atoms with Crippen molar-refractivity contribution in [3.63, 3.8) is 0 Å². The van der Waals surface area contributed by atoms with Crippen LogP contribution in [0.4, 0.5) is 0 Å². The molecule has 0 N–H and O–H groups in total. The van der Waals surface area contributed by atoms with Gasteiger partial charge in [-0.2, -0.15) is 0 Å². The van der Waals surface area contributed by atoms with Gasteiger partial charge in [-0.05, 0) is 24.3 Å². The Morgan fingerprint density at radius 3 is 2.91 bits per heavy atom. The number of nitrogens with zero attached hydrogens (tertiary/aromatic N) is 3. The molecule has 0 bridgehead atoms. The van der Waals surface area contributed by atoms with Crippen LogP contribution in [-0.4, -0.2) is 66.8 Å². The van der Waals surface area contributed by atoms with Gasteiger partial charge < -0.3 is 9.47 Å². The average Bonchev–Trinajstić information content (AvgIpc) is 3.40.